The molecule has 1 rings (SSSR count). The Balaban J connectivity index is 3.04. The SMILES string of the molecule is COc1ccc(C=CC(N)=O)cc1C#N. The molecule has 0 bridgehead atoms. The van der Waals surface area contributed by atoms with Crippen LogP contribution >= 0.6 is 0 Å². The molecule has 0 aliphatic carbocycles. The molecular weight excluding hydrogens is 192 g/mol. The summed E-state index contributed by atoms with van der Waals surface area (Å²) in [6, 6.07) is 7.02. The molecule has 0 spiro atoms. The van der Waals surface area contributed by atoms with Gasteiger partial charge in [0.25, 0.3) is 0 Å². The van der Waals surface area contributed by atoms with Crippen LogP contribution in [0.15, 0.2) is 24.3 Å². The van der Waals surface area contributed by atoms with Gasteiger partial charge in [-0.15, -0.1) is 0 Å². The van der Waals surface area contributed by atoms with Crippen molar-refractivity contribution >= 4 is 12.0 Å². The van der Waals surface area contributed by atoms with E-state index in [-0.39, 0.29) is 0 Å². The second-order valence-corrected chi connectivity index (χ2v) is 2.81. The van der Waals surface area contributed by atoms with E-state index in [4.69, 9.17) is 15.7 Å². The smallest absolute Gasteiger partial charge is 0.241 e. The van der Waals surface area contributed by atoms with Gasteiger partial charge in [0, 0.05) is 6.08 Å². The van der Waals surface area contributed by atoms with Gasteiger partial charge >= 0.3 is 0 Å². The summed E-state index contributed by atoms with van der Waals surface area (Å²) in [4.78, 5) is 10.5. The number of hydrogen-bond acceptors (Lipinski definition) is 3. The highest BCUT2D eigenvalue weighted by molar-refractivity contribution is 5.90. The first-order valence-corrected chi connectivity index (χ1v) is 4.23. The Bertz CT molecular complexity index is 444. The Morgan fingerprint density at radius 2 is 2.33 bits per heavy atom. The van der Waals surface area contributed by atoms with Crippen molar-refractivity contribution in [3.05, 3.63) is 35.4 Å². The zero-order valence-corrected chi connectivity index (χ0v) is 8.23. The van der Waals surface area contributed by atoms with Crippen molar-refractivity contribution in [1.82, 2.24) is 0 Å². The van der Waals surface area contributed by atoms with Crippen molar-refractivity contribution in [2.75, 3.05) is 7.11 Å². The summed E-state index contributed by atoms with van der Waals surface area (Å²) in [7, 11) is 1.50. The van der Waals surface area contributed by atoms with Gasteiger partial charge in [0.2, 0.25) is 5.91 Å². The monoisotopic (exact) mass is 202 g/mol. The van der Waals surface area contributed by atoms with Gasteiger partial charge in [0.1, 0.15) is 11.8 Å². The summed E-state index contributed by atoms with van der Waals surface area (Å²) in [6.07, 6.45) is 2.78. The van der Waals surface area contributed by atoms with E-state index >= 15 is 0 Å². The molecule has 0 radical (unpaired) electrons. The molecule has 1 amide bonds. The maximum atomic E-state index is 10.5. The predicted molar refractivity (Wildman–Crippen MR) is 55.9 cm³/mol. The van der Waals surface area contributed by atoms with Gasteiger partial charge in [0.05, 0.1) is 12.7 Å². The summed E-state index contributed by atoms with van der Waals surface area (Å²) in [5.41, 5.74) is 6.10. The lowest BCUT2D eigenvalue weighted by atomic mass is 10.1. The van der Waals surface area contributed by atoms with Gasteiger partial charge in [-0.3, -0.25) is 4.79 Å². The molecule has 0 aliphatic rings. The van der Waals surface area contributed by atoms with Crippen LogP contribution < -0.4 is 10.5 Å². The Morgan fingerprint density at radius 3 is 2.87 bits per heavy atom. The van der Waals surface area contributed by atoms with E-state index in [2.05, 4.69) is 0 Å². The lowest BCUT2D eigenvalue weighted by Crippen LogP contribution is -2.05. The second-order valence-electron chi connectivity index (χ2n) is 2.81. The highest BCUT2D eigenvalue weighted by Gasteiger charge is 2.01. The molecule has 4 heteroatoms. The van der Waals surface area contributed by atoms with Gasteiger partial charge in [-0.05, 0) is 23.8 Å². The predicted octanol–water partition coefficient (Wildman–Crippen LogP) is 1.07. The Kier molecular flexibility index (Phi) is 3.47. The quantitative estimate of drug-likeness (QED) is 0.744. The minimum atomic E-state index is -0.524. The third-order valence-corrected chi connectivity index (χ3v) is 1.78. The first-order chi connectivity index (χ1) is 7.17. The molecule has 0 fully saturated rings. The summed E-state index contributed by atoms with van der Waals surface area (Å²) in [5.74, 6) is -0.0157. The fraction of sp³-hybridized carbons (Fsp3) is 0.0909. The lowest BCUT2D eigenvalue weighted by molar-refractivity contribution is -0.113. The van der Waals surface area contributed by atoms with Gasteiger partial charge in [-0.25, -0.2) is 0 Å². The molecule has 0 saturated carbocycles. The summed E-state index contributed by atoms with van der Waals surface area (Å²) in [5, 5.41) is 8.81. The maximum absolute atomic E-state index is 10.5. The molecule has 1 aromatic rings. The topological polar surface area (TPSA) is 76.1 Å². The molecule has 0 atom stereocenters. The second kappa shape index (κ2) is 4.82. The van der Waals surface area contributed by atoms with Crippen molar-refractivity contribution < 1.29 is 9.53 Å². The molecule has 0 unspecified atom stereocenters. The molecule has 76 valence electrons. The Morgan fingerprint density at radius 1 is 1.60 bits per heavy atom. The van der Waals surface area contributed by atoms with Gasteiger partial charge in [-0.1, -0.05) is 6.07 Å². The van der Waals surface area contributed by atoms with Crippen molar-refractivity contribution in [3.63, 3.8) is 0 Å². The van der Waals surface area contributed by atoms with E-state index in [0.717, 1.165) is 5.56 Å². The zero-order valence-electron chi connectivity index (χ0n) is 8.23. The van der Waals surface area contributed by atoms with E-state index in [0.29, 0.717) is 11.3 Å². The third-order valence-electron chi connectivity index (χ3n) is 1.78. The fourth-order valence-electron chi connectivity index (χ4n) is 1.09. The number of rotatable bonds is 3. The molecule has 1 aromatic carbocycles. The number of nitriles is 1. The minimum absolute atomic E-state index is 0.420. The van der Waals surface area contributed by atoms with Crippen LogP contribution in [0.3, 0.4) is 0 Å². The molecule has 2 N–H and O–H groups in total. The van der Waals surface area contributed by atoms with Crippen LogP contribution in [0.5, 0.6) is 5.75 Å². The molecule has 4 nitrogen and oxygen atoms in total. The van der Waals surface area contributed by atoms with E-state index < -0.39 is 5.91 Å². The molecule has 0 aromatic heterocycles. The van der Waals surface area contributed by atoms with Gasteiger partial charge in [0.15, 0.2) is 0 Å². The van der Waals surface area contributed by atoms with Crippen molar-refractivity contribution in [2.24, 2.45) is 5.73 Å². The van der Waals surface area contributed by atoms with E-state index in [9.17, 15) is 4.79 Å². The minimum Gasteiger partial charge on any atom is -0.495 e. The van der Waals surface area contributed by atoms with Crippen LogP contribution in [0.4, 0.5) is 0 Å². The number of ether oxygens (including phenoxy) is 1. The number of nitrogens with zero attached hydrogens (tertiary/aromatic N) is 1. The average molecular weight is 202 g/mol. The van der Waals surface area contributed by atoms with Gasteiger partial charge < -0.3 is 10.5 Å². The van der Waals surface area contributed by atoms with Crippen molar-refractivity contribution in [2.45, 2.75) is 0 Å². The summed E-state index contributed by atoms with van der Waals surface area (Å²) < 4.78 is 4.98. The number of methoxy groups -OCH3 is 1. The number of benzene rings is 1. The number of carbonyl (C=O) groups excluding carboxylic acids is 1. The van der Waals surface area contributed by atoms with E-state index in [1.165, 1.54) is 13.2 Å². The van der Waals surface area contributed by atoms with Crippen molar-refractivity contribution in [3.8, 4) is 11.8 Å². The number of carbonyl (C=O) groups is 1. The van der Waals surface area contributed by atoms with Crippen LogP contribution in [-0.2, 0) is 4.79 Å². The fourth-order valence-corrected chi connectivity index (χ4v) is 1.09. The number of hydrogen-bond donors (Lipinski definition) is 1. The highest BCUT2D eigenvalue weighted by atomic mass is 16.5. The Labute approximate surface area is 87.6 Å². The van der Waals surface area contributed by atoms with Crippen molar-refractivity contribution in [1.29, 1.82) is 5.26 Å². The molecule has 0 heterocycles. The Hall–Kier alpha value is -2.28. The third kappa shape index (κ3) is 2.85. The van der Waals surface area contributed by atoms with E-state index in [1.54, 1.807) is 24.3 Å². The largest absolute Gasteiger partial charge is 0.495 e. The first kappa shape index (κ1) is 10.8. The van der Waals surface area contributed by atoms with Crippen LogP contribution in [-0.4, -0.2) is 13.0 Å². The molecular formula is C11H10N2O2. The molecule has 0 saturated heterocycles. The van der Waals surface area contributed by atoms with E-state index in [1.807, 2.05) is 6.07 Å². The summed E-state index contributed by atoms with van der Waals surface area (Å²) >= 11 is 0. The number of amides is 1. The summed E-state index contributed by atoms with van der Waals surface area (Å²) in [6.45, 7) is 0. The lowest BCUT2D eigenvalue weighted by Gasteiger charge is -2.02. The first-order valence-electron chi connectivity index (χ1n) is 4.23. The number of primary amides is 1. The van der Waals surface area contributed by atoms with Crippen LogP contribution in [0.1, 0.15) is 11.1 Å². The normalized spacial score (nSPS) is 9.87. The molecule has 15 heavy (non-hydrogen) atoms. The maximum Gasteiger partial charge on any atom is 0.241 e. The van der Waals surface area contributed by atoms with Crippen LogP contribution in [0.2, 0.25) is 0 Å². The van der Waals surface area contributed by atoms with Crippen LogP contribution in [0, 0.1) is 11.3 Å². The zero-order chi connectivity index (χ0) is 11.3. The number of nitrogens with two attached hydrogens (primary N) is 1. The van der Waals surface area contributed by atoms with Crippen LogP contribution in [0.25, 0.3) is 6.08 Å². The van der Waals surface area contributed by atoms with Gasteiger partial charge in [-0.2, -0.15) is 5.26 Å². The molecule has 0 aliphatic heterocycles. The highest BCUT2D eigenvalue weighted by Crippen LogP contribution is 2.19. The standard InChI is InChI=1S/C11H10N2O2/c1-15-10-4-2-8(3-5-11(13)14)6-9(10)7-12/h2-6H,1H3,(H2,13,14). The average Bonchev–Trinajstić information content (AvgIpc) is 2.25.